The van der Waals surface area contributed by atoms with Crippen molar-refractivity contribution in [1.82, 2.24) is 0 Å². The van der Waals surface area contributed by atoms with Crippen molar-refractivity contribution < 1.29 is 8.42 Å². The van der Waals surface area contributed by atoms with Gasteiger partial charge in [0.2, 0.25) is 0 Å². The van der Waals surface area contributed by atoms with Gasteiger partial charge in [-0.25, -0.2) is 8.42 Å². The summed E-state index contributed by atoms with van der Waals surface area (Å²) in [6.45, 7) is 3.75. The van der Waals surface area contributed by atoms with E-state index in [-0.39, 0.29) is 11.2 Å². The summed E-state index contributed by atoms with van der Waals surface area (Å²) >= 11 is 1.26. The van der Waals surface area contributed by atoms with Crippen LogP contribution in [0.25, 0.3) is 0 Å². The summed E-state index contributed by atoms with van der Waals surface area (Å²) in [6, 6.07) is 5.60. The molecule has 0 bridgehead atoms. The SMILES string of the molecule is CC(C)(C#N)CCCCS(=O)(=O)c1cccs1. The molecule has 0 amide bonds. The van der Waals surface area contributed by atoms with Crippen molar-refractivity contribution >= 4 is 21.2 Å². The maximum atomic E-state index is 11.8. The third-order valence-electron chi connectivity index (χ3n) is 2.57. The number of nitrogens with zero attached hydrogens (tertiary/aromatic N) is 1. The molecular weight excluding hydrogens is 254 g/mol. The van der Waals surface area contributed by atoms with Crippen molar-refractivity contribution in [1.29, 1.82) is 5.26 Å². The molecule has 0 aliphatic rings. The molecule has 0 aromatic carbocycles. The molecule has 0 saturated carbocycles. The van der Waals surface area contributed by atoms with E-state index in [4.69, 9.17) is 5.26 Å². The fraction of sp³-hybridized carbons (Fsp3) is 0.583. The van der Waals surface area contributed by atoms with Crippen LogP contribution in [0, 0.1) is 16.7 Å². The van der Waals surface area contributed by atoms with Crippen LogP contribution in [-0.2, 0) is 9.84 Å². The Morgan fingerprint density at radius 3 is 2.65 bits per heavy atom. The van der Waals surface area contributed by atoms with Gasteiger partial charge < -0.3 is 0 Å². The summed E-state index contributed by atoms with van der Waals surface area (Å²) < 4.78 is 24.1. The van der Waals surface area contributed by atoms with Gasteiger partial charge in [0.1, 0.15) is 4.21 Å². The van der Waals surface area contributed by atoms with Gasteiger partial charge in [-0.2, -0.15) is 5.26 Å². The zero-order valence-electron chi connectivity index (χ0n) is 10.1. The molecule has 0 radical (unpaired) electrons. The molecule has 0 N–H and O–H groups in total. The fourth-order valence-electron chi connectivity index (χ4n) is 1.46. The Labute approximate surface area is 107 Å². The first kappa shape index (κ1) is 14.2. The summed E-state index contributed by atoms with van der Waals surface area (Å²) in [6.07, 6.45) is 2.12. The highest BCUT2D eigenvalue weighted by Gasteiger charge is 2.18. The second-order valence-electron chi connectivity index (χ2n) is 4.70. The largest absolute Gasteiger partial charge is 0.223 e. The van der Waals surface area contributed by atoms with Crippen LogP contribution in [0.2, 0.25) is 0 Å². The molecule has 0 atom stereocenters. The fourth-order valence-corrected chi connectivity index (χ4v) is 3.98. The van der Waals surface area contributed by atoms with Crippen LogP contribution in [0.15, 0.2) is 21.7 Å². The molecule has 0 fully saturated rings. The normalized spacial score (nSPS) is 12.3. The van der Waals surface area contributed by atoms with Gasteiger partial charge in [-0.3, -0.25) is 0 Å². The molecular formula is C12H17NO2S2. The molecule has 1 heterocycles. The number of unbranched alkanes of at least 4 members (excludes halogenated alkanes) is 1. The van der Waals surface area contributed by atoms with Gasteiger partial charge in [0.25, 0.3) is 0 Å². The topological polar surface area (TPSA) is 57.9 Å². The summed E-state index contributed by atoms with van der Waals surface area (Å²) in [5.41, 5.74) is -0.354. The van der Waals surface area contributed by atoms with Crippen LogP contribution in [-0.4, -0.2) is 14.2 Å². The predicted octanol–water partition coefficient (Wildman–Crippen LogP) is 3.24. The molecule has 0 saturated heterocycles. The number of sulfone groups is 1. The van der Waals surface area contributed by atoms with E-state index in [0.29, 0.717) is 10.6 Å². The highest BCUT2D eigenvalue weighted by Crippen LogP contribution is 2.23. The van der Waals surface area contributed by atoms with E-state index in [1.807, 2.05) is 13.8 Å². The zero-order chi connectivity index (χ0) is 12.9. The summed E-state index contributed by atoms with van der Waals surface area (Å²) in [5.74, 6) is 0.176. The second-order valence-corrected chi connectivity index (χ2v) is 7.99. The maximum Gasteiger partial charge on any atom is 0.187 e. The van der Waals surface area contributed by atoms with E-state index < -0.39 is 9.84 Å². The molecule has 0 aliphatic carbocycles. The lowest BCUT2D eigenvalue weighted by atomic mass is 9.89. The van der Waals surface area contributed by atoms with Crippen LogP contribution in [0.1, 0.15) is 33.1 Å². The second kappa shape index (κ2) is 5.65. The Kier molecular flexibility index (Phi) is 4.72. The van der Waals surface area contributed by atoms with Crippen molar-refractivity contribution in [2.45, 2.75) is 37.3 Å². The van der Waals surface area contributed by atoms with Crippen LogP contribution < -0.4 is 0 Å². The van der Waals surface area contributed by atoms with Crippen molar-refractivity contribution in [2.75, 3.05) is 5.75 Å². The van der Waals surface area contributed by atoms with E-state index in [1.165, 1.54) is 11.3 Å². The smallest absolute Gasteiger partial charge is 0.187 e. The first-order valence-corrected chi connectivity index (χ1v) is 8.08. The average Bonchev–Trinajstić information content (AvgIpc) is 2.78. The summed E-state index contributed by atoms with van der Waals surface area (Å²) in [7, 11) is -3.11. The predicted molar refractivity (Wildman–Crippen MR) is 69.6 cm³/mol. The number of hydrogen-bond donors (Lipinski definition) is 0. The third-order valence-corrected chi connectivity index (χ3v) is 5.86. The van der Waals surface area contributed by atoms with E-state index in [0.717, 1.165) is 12.8 Å². The van der Waals surface area contributed by atoms with E-state index >= 15 is 0 Å². The Balaban J connectivity index is 2.41. The summed E-state index contributed by atoms with van der Waals surface area (Å²) in [5, 5.41) is 10.6. The minimum atomic E-state index is -3.11. The zero-order valence-corrected chi connectivity index (χ0v) is 11.8. The van der Waals surface area contributed by atoms with E-state index in [9.17, 15) is 8.42 Å². The Hall–Kier alpha value is -0.860. The molecule has 94 valence electrons. The van der Waals surface area contributed by atoms with Gasteiger partial charge >= 0.3 is 0 Å². The van der Waals surface area contributed by atoms with E-state index in [2.05, 4.69) is 6.07 Å². The molecule has 0 unspecified atom stereocenters. The standard InChI is InChI=1S/C12H17NO2S2/c1-12(2,10-13)7-3-4-9-17(14,15)11-6-5-8-16-11/h5-6,8H,3-4,7,9H2,1-2H3. The highest BCUT2D eigenvalue weighted by atomic mass is 32.2. The van der Waals surface area contributed by atoms with Gasteiger partial charge in [0.05, 0.1) is 17.2 Å². The minimum Gasteiger partial charge on any atom is -0.223 e. The van der Waals surface area contributed by atoms with Crippen LogP contribution in [0.4, 0.5) is 0 Å². The molecule has 1 aromatic rings. The summed E-state index contributed by atoms with van der Waals surface area (Å²) in [4.78, 5) is 0. The lowest BCUT2D eigenvalue weighted by Crippen LogP contribution is -2.10. The van der Waals surface area contributed by atoms with Gasteiger partial charge in [-0.1, -0.05) is 12.5 Å². The Bertz CT molecular complexity index is 481. The van der Waals surface area contributed by atoms with Crippen LogP contribution >= 0.6 is 11.3 Å². The van der Waals surface area contributed by atoms with Crippen molar-refractivity contribution in [3.63, 3.8) is 0 Å². The molecule has 3 nitrogen and oxygen atoms in total. The number of nitriles is 1. The number of hydrogen-bond acceptors (Lipinski definition) is 4. The first-order valence-electron chi connectivity index (χ1n) is 5.55. The molecule has 0 spiro atoms. The first-order chi connectivity index (χ1) is 7.87. The quantitative estimate of drug-likeness (QED) is 0.746. The lowest BCUT2D eigenvalue weighted by Gasteiger charge is -2.13. The monoisotopic (exact) mass is 271 g/mol. The Morgan fingerprint density at radius 2 is 2.12 bits per heavy atom. The van der Waals surface area contributed by atoms with Gasteiger partial charge in [-0.05, 0) is 38.1 Å². The lowest BCUT2D eigenvalue weighted by molar-refractivity contribution is 0.431. The van der Waals surface area contributed by atoms with Crippen molar-refractivity contribution in [3.8, 4) is 6.07 Å². The Morgan fingerprint density at radius 1 is 1.41 bits per heavy atom. The molecule has 1 rings (SSSR count). The van der Waals surface area contributed by atoms with Crippen LogP contribution in [0.3, 0.4) is 0 Å². The van der Waals surface area contributed by atoms with Gasteiger partial charge in [0, 0.05) is 0 Å². The molecule has 5 heteroatoms. The molecule has 0 aliphatic heterocycles. The van der Waals surface area contributed by atoms with E-state index in [1.54, 1.807) is 17.5 Å². The molecule has 17 heavy (non-hydrogen) atoms. The van der Waals surface area contributed by atoms with Gasteiger partial charge in [0.15, 0.2) is 9.84 Å². The van der Waals surface area contributed by atoms with Crippen molar-refractivity contribution in [3.05, 3.63) is 17.5 Å². The van der Waals surface area contributed by atoms with Gasteiger partial charge in [-0.15, -0.1) is 11.3 Å². The third kappa shape index (κ3) is 4.49. The number of rotatable bonds is 6. The van der Waals surface area contributed by atoms with Crippen LogP contribution in [0.5, 0.6) is 0 Å². The highest BCUT2D eigenvalue weighted by molar-refractivity contribution is 7.93. The number of thiophene rings is 1. The van der Waals surface area contributed by atoms with Crippen molar-refractivity contribution in [2.24, 2.45) is 5.41 Å². The maximum absolute atomic E-state index is 11.8. The molecule has 1 aromatic heterocycles. The minimum absolute atomic E-state index is 0.176. The average molecular weight is 271 g/mol.